The summed E-state index contributed by atoms with van der Waals surface area (Å²) < 4.78 is 51.0. The van der Waals surface area contributed by atoms with E-state index in [4.69, 9.17) is 5.73 Å². The van der Waals surface area contributed by atoms with Gasteiger partial charge in [-0.1, -0.05) is 6.07 Å². The highest BCUT2D eigenvalue weighted by Gasteiger charge is 2.34. The van der Waals surface area contributed by atoms with Gasteiger partial charge < -0.3 is 5.73 Å². The number of hydrogen-bond acceptors (Lipinski definition) is 2. The van der Waals surface area contributed by atoms with Crippen molar-refractivity contribution >= 4 is 0 Å². The number of halogens is 4. The smallest absolute Gasteiger partial charge is 0.320 e. The summed E-state index contributed by atoms with van der Waals surface area (Å²) >= 11 is 0. The van der Waals surface area contributed by atoms with Crippen molar-refractivity contribution in [2.24, 2.45) is 5.73 Å². The molecule has 1 atom stereocenters. The Bertz CT molecular complexity index is 567. The van der Waals surface area contributed by atoms with E-state index in [2.05, 4.69) is 4.98 Å². The van der Waals surface area contributed by atoms with E-state index in [9.17, 15) is 17.6 Å². The summed E-state index contributed by atoms with van der Waals surface area (Å²) in [5, 5.41) is 0. The van der Waals surface area contributed by atoms with E-state index in [1.54, 1.807) is 12.1 Å². The zero-order valence-corrected chi connectivity index (χ0v) is 9.66. The molecule has 0 radical (unpaired) electrons. The minimum absolute atomic E-state index is 0.194. The minimum atomic E-state index is -4.74. The number of hydrogen-bond donors (Lipinski definition) is 1. The first-order chi connectivity index (χ1) is 8.89. The predicted molar refractivity (Wildman–Crippen MR) is 61.7 cm³/mol. The molecule has 1 unspecified atom stereocenters. The zero-order valence-electron chi connectivity index (χ0n) is 9.66. The molecule has 2 N–H and O–H groups in total. The summed E-state index contributed by atoms with van der Waals surface area (Å²) in [5.74, 6) is -1.31. The van der Waals surface area contributed by atoms with Gasteiger partial charge in [0.15, 0.2) is 0 Å². The normalized spacial score (nSPS) is 13.3. The van der Waals surface area contributed by atoms with Crippen molar-refractivity contribution in [2.45, 2.75) is 12.2 Å². The summed E-state index contributed by atoms with van der Waals surface area (Å²) in [5.41, 5.74) is 5.35. The molecule has 19 heavy (non-hydrogen) atoms. The predicted octanol–water partition coefficient (Wildman–Crippen LogP) is 3.29. The van der Waals surface area contributed by atoms with Crippen LogP contribution in [0.15, 0.2) is 42.7 Å². The molecule has 0 bridgehead atoms. The summed E-state index contributed by atoms with van der Waals surface area (Å²) in [6.45, 7) is 0. The molecule has 0 aliphatic heterocycles. The van der Waals surface area contributed by atoms with Gasteiger partial charge in [-0.2, -0.15) is 13.2 Å². The second-order valence-corrected chi connectivity index (χ2v) is 4.00. The van der Waals surface area contributed by atoms with Crippen molar-refractivity contribution in [3.63, 3.8) is 0 Å². The number of nitrogens with two attached hydrogens (primary N) is 1. The van der Waals surface area contributed by atoms with Crippen LogP contribution in [0.2, 0.25) is 0 Å². The lowest BCUT2D eigenvalue weighted by molar-refractivity contribution is -0.140. The van der Waals surface area contributed by atoms with Crippen molar-refractivity contribution in [3.8, 4) is 0 Å². The number of alkyl halides is 3. The van der Waals surface area contributed by atoms with Crippen LogP contribution >= 0.6 is 0 Å². The van der Waals surface area contributed by atoms with E-state index in [0.29, 0.717) is 5.56 Å². The SMILES string of the molecule is NC(c1ccncc1)c1ccc(F)c(C(F)(F)F)c1. The fourth-order valence-electron chi connectivity index (χ4n) is 1.72. The number of nitrogens with zero attached hydrogens (tertiary/aromatic N) is 1. The molecule has 1 aromatic heterocycles. The molecule has 0 saturated carbocycles. The number of pyridine rings is 1. The molecular formula is C13H10F4N2. The molecule has 1 heterocycles. The Morgan fingerprint density at radius 1 is 1.00 bits per heavy atom. The van der Waals surface area contributed by atoms with Crippen molar-refractivity contribution < 1.29 is 17.6 Å². The maximum atomic E-state index is 13.2. The van der Waals surface area contributed by atoms with Gasteiger partial charge in [0.25, 0.3) is 0 Å². The molecule has 0 amide bonds. The highest BCUT2D eigenvalue weighted by Crippen LogP contribution is 2.33. The third-order valence-electron chi connectivity index (χ3n) is 2.72. The van der Waals surface area contributed by atoms with Crippen LogP contribution < -0.4 is 5.73 Å². The standard InChI is InChI=1S/C13H10F4N2/c14-11-2-1-9(7-10(11)13(15,16)17)12(18)8-3-5-19-6-4-8/h1-7,12H,18H2. The number of benzene rings is 1. The quantitative estimate of drug-likeness (QED) is 0.850. The molecule has 6 heteroatoms. The molecule has 0 fully saturated rings. The van der Waals surface area contributed by atoms with Crippen LogP contribution in [-0.4, -0.2) is 4.98 Å². The van der Waals surface area contributed by atoms with Gasteiger partial charge in [-0.3, -0.25) is 4.98 Å². The fourth-order valence-corrected chi connectivity index (χ4v) is 1.72. The Morgan fingerprint density at radius 2 is 1.63 bits per heavy atom. The first kappa shape index (κ1) is 13.5. The van der Waals surface area contributed by atoms with Gasteiger partial charge >= 0.3 is 6.18 Å². The molecule has 0 aliphatic rings. The van der Waals surface area contributed by atoms with Crippen LogP contribution in [0, 0.1) is 5.82 Å². The molecule has 0 aliphatic carbocycles. The van der Waals surface area contributed by atoms with E-state index >= 15 is 0 Å². The van der Waals surface area contributed by atoms with Crippen LogP contribution in [0.4, 0.5) is 17.6 Å². The Kier molecular flexibility index (Phi) is 3.53. The molecule has 0 spiro atoms. The van der Waals surface area contributed by atoms with Gasteiger partial charge in [-0.15, -0.1) is 0 Å². The van der Waals surface area contributed by atoms with E-state index in [1.165, 1.54) is 18.5 Å². The third-order valence-corrected chi connectivity index (χ3v) is 2.72. The van der Waals surface area contributed by atoms with Crippen LogP contribution in [0.5, 0.6) is 0 Å². The molecular weight excluding hydrogens is 260 g/mol. The van der Waals surface area contributed by atoms with Gasteiger partial charge in [-0.05, 0) is 35.4 Å². The number of aromatic nitrogens is 1. The second kappa shape index (κ2) is 4.97. The van der Waals surface area contributed by atoms with Crippen LogP contribution in [0.3, 0.4) is 0 Å². The number of rotatable bonds is 2. The molecule has 2 aromatic rings. The maximum Gasteiger partial charge on any atom is 0.419 e. The largest absolute Gasteiger partial charge is 0.419 e. The molecule has 2 nitrogen and oxygen atoms in total. The Morgan fingerprint density at radius 3 is 2.21 bits per heavy atom. The van der Waals surface area contributed by atoms with Gasteiger partial charge in [0.05, 0.1) is 11.6 Å². The highest BCUT2D eigenvalue weighted by atomic mass is 19.4. The van der Waals surface area contributed by atoms with E-state index in [1.807, 2.05) is 0 Å². The molecule has 2 rings (SSSR count). The fraction of sp³-hybridized carbons (Fsp3) is 0.154. The van der Waals surface area contributed by atoms with Crippen molar-refractivity contribution in [2.75, 3.05) is 0 Å². The van der Waals surface area contributed by atoms with E-state index < -0.39 is 23.6 Å². The lowest BCUT2D eigenvalue weighted by Gasteiger charge is -2.15. The lowest BCUT2D eigenvalue weighted by atomic mass is 9.98. The van der Waals surface area contributed by atoms with E-state index in [-0.39, 0.29) is 5.56 Å². The van der Waals surface area contributed by atoms with E-state index in [0.717, 1.165) is 12.1 Å². The monoisotopic (exact) mass is 270 g/mol. The van der Waals surface area contributed by atoms with Gasteiger partial charge in [0.1, 0.15) is 5.82 Å². The van der Waals surface area contributed by atoms with Crippen LogP contribution in [-0.2, 0) is 6.18 Å². The van der Waals surface area contributed by atoms with Gasteiger partial charge in [-0.25, -0.2) is 4.39 Å². The van der Waals surface area contributed by atoms with Gasteiger partial charge in [0, 0.05) is 12.4 Å². The second-order valence-electron chi connectivity index (χ2n) is 4.00. The average molecular weight is 270 g/mol. The van der Waals surface area contributed by atoms with Crippen molar-refractivity contribution in [1.29, 1.82) is 0 Å². The molecule has 100 valence electrons. The Balaban J connectivity index is 2.42. The maximum absolute atomic E-state index is 13.2. The summed E-state index contributed by atoms with van der Waals surface area (Å²) in [7, 11) is 0. The van der Waals surface area contributed by atoms with Crippen LogP contribution in [0.25, 0.3) is 0 Å². The minimum Gasteiger partial charge on any atom is -0.320 e. The lowest BCUT2D eigenvalue weighted by Crippen LogP contribution is -2.15. The average Bonchev–Trinajstić information content (AvgIpc) is 2.38. The Labute approximate surface area is 106 Å². The van der Waals surface area contributed by atoms with Crippen molar-refractivity contribution in [3.05, 3.63) is 65.2 Å². The third kappa shape index (κ3) is 2.90. The van der Waals surface area contributed by atoms with Crippen LogP contribution in [0.1, 0.15) is 22.7 Å². The topological polar surface area (TPSA) is 38.9 Å². The molecule has 1 aromatic carbocycles. The molecule has 0 saturated heterocycles. The summed E-state index contributed by atoms with van der Waals surface area (Å²) in [6, 6.07) is 5.20. The highest BCUT2D eigenvalue weighted by molar-refractivity contribution is 5.34. The first-order valence-corrected chi connectivity index (χ1v) is 5.42. The summed E-state index contributed by atoms with van der Waals surface area (Å²) in [4.78, 5) is 3.80. The Hall–Kier alpha value is -1.95. The summed E-state index contributed by atoms with van der Waals surface area (Å²) in [6.07, 6.45) is -1.76. The van der Waals surface area contributed by atoms with Crippen molar-refractivity contribution in [1.82, 2.24) is 4.98 Å². The van der Waals surface area contributed by atoms with Gasteiger partial charge in [0.2, 0.25) is 0 Å². The first-order valence-electron chi connectivity index (χ1n) is 5.42. The zero-order chi connectivity index (χ0) is 14.0.